The SMILES string of the molecule is O=[C]N1C2CCC1COC2. The van der Waals surface area contributed by atoms with Crippen LogP contribution in [0.4, 0.5) is 0 Å². The number of hydrogen-bond donors (Lipinski definition) is 0. The fraction of sp³-hybridized carbons (Fsp3) is 0.857. The van der Waals surface area contributed by atoms with Crippen LogP contribution in [-0.2, 0) is 9.53 Å². The van der Waals surface area contributed by atoms with Gasteiger partial charge in [0.15, 0.2) is 0 Å². The molecule has 0 aromatic rings. The fourth-order valence-electron chi connectivity index (χ4n) is 1.78. The van der Waals surface area contributed by atoms with Crippen LogP contribution in [0.5, 0.6) is 0 Å². The lowest BCUT2D eigenvalue weighted by molar-refractivity contribution is 0.0193. The Balaban J connectivity index is 2.13. The third-order valence-corrected chi connectivity index (χ3v) is 2.35. The second-order valence-corrected chi connectivity index (χ2v) is 2.92. The van der Waals surface area contributed by atoms with Crippen molar-refractivity contribution in [1.82, 2.24) is 4.90 Å². The predicted molar refractivity (Wildman–Crippen MR) is 35.2 cm³/mol. The molecular weight excluding hydrogens is 130 g/mol. The Morgan fingerprint density at radius 1 is 1.30 bits per heavy atom. The Bertz CT molecular complexity index is 133. The highest BCUT2D eigenvalue weighted by Gasteiger charge is 2.36. The molecule has 2 unspecified atom stereocenters. The average molecular weight is 140 g/mol. The first-order valence-corrected chi connectivity index (χ1v) is 3.65. The molecule has 2 fully saturated rings. The summed E-state index contributed by atoms with van der Waals surface area (Å²) in [6.07, 6.45) is 4.16. The van der Waals surface area contributed by atoms with Crippen molar-refractivity contribution in [2.24, 2.45) is 0 Å². The van der Waals surface area contributed by atoms with Gasteiger partial charge in [-0.15, -0.1) is 0 Å². The minimum atomic E-state index is 0.330. The third-order valence-electron chi connectivity index (χ3n) is 2.35. The average Bonchev–Trinajstić information content (AvgIpc) is 2.19. The van der Waals surface area contributed by atoms with E-state index in [1.165, 1.54) is 0 Å². The van der Waals surface area contributed by atoms with Crippen molar-refractivity contribution in [2.45, 2.75) is 24.9 Å². The first-order chi connectivity index (χ1) is 4.92. The molecule has 1 amide bonds. The molecule has 0 spiro atoms. The highest BCUT2D eigenvalue weighted by molar-refractivity contribution is 5.50. The van der Waals surface area contributed by atoms with Crippen molar-refractivity contribution in [2.75, 3.05) is 13.2 Å². The number of fused-ring (bicyclic) bond motifs is 2. The van der Waals surface area contributed by atoms with E-state index in [2.05, 4.69) is 0 Å². The maximum atomic E-state index is 10.4. The van der Waals surface area contributed by atoms with E-state index in [1.807, 2.05) is 6.41 Å². The Morgan fingerprint density at radius 2 is 1.90 bits per heavy atom. The number of ether oxygens (including phenoxy) is 1. The van der Waals surface area contributed by atoms with Crippen LogP contribution in [0.25, 0.3) is 0 Å². The number of morpholine rings is 1. The van der Waals surface area contributed by atoms with E-state index < -0.39 is 0 Å². The number of hydrogen-bond acceptors (Lipinski definition) is 2. The van der Waals surface area contributed by atoms with Gasteiger partial charge in [0, 0.05) is 0 Å². The van der Waals surface area contributed by atoms with Crippen molar-refractivity contribution < 1.29 is 9.53 Å². The number of nitrogens with zero attached hydrogens (tertiary/aromatic N) is 1. The third kappa shape index (κ3) is 0.736. The van der Waals surface area contributed by atoms with Gasteiger partial charge in [-0.1, -0.05) is 0 Å². The van der Waals surface area contributed by atoms with Gasteiger partial charge in [0.05, 0.1) is 25.3 Å². The van der Waals surface area contributed by atoms with Gasteiger partial charge in [0.2, 0.25) is 0 Å². The summed E-state index contributed by atoms with van der Waals surface area (Å²) in [6.45, 7) is 1.43. The van der Waals surface area contributed by atoms with Crippen molar-refractivity contribution in [3.8, 4) is 0 Å². The summed E-state index contributed by atoms with van der Waals surface area (Å²) >= 11 is 0. The zero-order valence-corrected chi connectivity index (χ0v) is 5.75. The Morgan fingerprint density at radius 3 is 2.30 bits per heavy atom. The van der Waals surface area contributed by atoms with Gasteiger partial charge in [0.25, 0.3) is 0 Å². The predicted octanol–water partition coefficient (Wildman–Crippen LogP) is -0.0832. The van der Waals surface area contributed by atoms with E-state index in [4.69, 9.17) is 4.74 Å². The van der Waals surface area contributed by atoms with Crippen molar-refractivity contribution in [3.05, 3.63) is 0 Å². The summed E-state index contributed by atoms with van der Waals surface area (Å²) in [7, 11) is 0. The number of amides is 1. The molecule has 3 heteroatoms. The van der Waals surface area contributed by atoms with E-state index in [0.29, 0.717) is 25.3 Å². The Labute approximate surface area is 60.0 Å². The second-order valence-electron chi connectivity index (χ2n) is 2.92. The smallest absolute Gasteiger partial charge is 0.312 e. The highest BCUT2D eigenvalue weighted by atomic mass is 16.5. The van der Waals surface area contributed by atoms with Gasteiger partial charge in [-0.25, -0.2) is 0 Å². The molecule has 10 heavy (non-hydrogen) atoms. The molecule has 0 saturated carbocycles. The molecule has 2 aliphatic rings. The maximum absolute atomic E-state index is 10.4. The van der Waals surface area contributed by atoms with Crippen LogP contribution in [0.2, 0.25) is 0 Å². The topological polar surface area (TPSA) is 29.5 Å². The molecule has 0 N–H and O–H groups in total. The summed E-state index contributed by atoms with van der Waals surface area (Å²) in [5, 5.41) is 0. The zero-order valence-electron chi connectivity index (χ0n) is 5.75. The lowest BCUT2D eigenvalue weighted by Crippen LogP contribution is -2.44. The van der Waals surface area contributed by atoms with Crippen LogP contribution in [0.15, 0.2) is 0 Å². The molecule has 2 atom stereocenters. The van der Waals surface area contributed by atoms with Gasteiger partial charge in [-0.2, -0.15) is 0 Å². The molecule has 2 saturated heterocycles. The van der Waals surface area contributed by atoms with Crippen LogP contribution in [0.3, 0.4) is 0 Å². The van der Waals surface area contributed by atoms with Gasteiger partial charge in [-0.3, -0.25) is 4.79 Å². The monoisotopic (exact) mass is 140 g/mol. The largest absolute Gasteiger partial charge is 0.377 e. The Kier molecular flexibility index (Phi) is 1.38. The normalized spacial score (nSPS) is 38.2. The first kappa shape index (κ1) is 6.16. The summed E-state index contributed by atoms with van der Waals surface area (Å²) in [5.41, 5.74) is 0. The molecule has 3 nitrogen and oxygen atoms in total. The van der Waals surface area contributed by atoms with E-state index in [-0.39, 0.29) is 0 Å². The van der Waals surface area contributed by atoms with Crippen molar-refractivity contribution >= 4 is 6.41 Å². The minimum Gasteiger partial charge on any atom is -0.377 e. The Hall–Kier alpha value is -0.570. The molecule has 0 aromatic heterocycles. The molecule has 2 heterocycles. The molecule has 1 radical (unpaired) electrons. The molecule has 0 aliphatic carbocycles. The van der Waals surface area contributed by atoms with Gasteiger partial charge < -0.3 is 9.64 Å². The van der Waals surface area contributed by atoms with Crippen molar-refractivity contribution in [3.63, 3.8) is 0 Å². The lowest BCUT2D eigenvalue weighted by Gasteiger charge is -2.30. The maximum Gasteiger partial charge on any atom is 0.312 e. The summed E-state index contributed by atoms with van der Waals surface area (Å²) in [4.78, 5) is 12.1. The van der Waals surface area contributed by atoms with Crippen LogP contribution in [0, 0.1) is 0 Å². The molecule has 0 aromatic carbocycles. The van der Waals surface area contributed by atoms with Crippen molar-refractivity contribution in [1.29, 1.82) is 0 Å². The fourth-order valence-corrected chi connectivity index (χ4v) is 1.78. The summed E-state index contributed by atoms with van der Waals surface area (Å²) in [6, 6.07) is 0.660. The van der Waals surface area contributed by atoms with Gasteiger partial charge in [0.1, 0.15) is 0 Å². The highest BCUT2D eigenvalue weighted by Crippen LogP contribution is 2.26. The molecule has 2 rings (SSSR count). The standard InChI is InChI=1S/C7H10NO2/c9-5-8-6-1-2-7(8)4-10-3-6/h6-7H,1-4H2. The number of rotatable bonds is 1. The van der Waals surface area contributed by atoms with E-state index in [0.717, 1.165) is 12.8 Å². The summed E-state index contributed by atoms with van der Waals surface area (Å²) < 4.78 is 5.27. The quantitative estimate of drug-likeness (QED) is 0.509. The minimum absolute atomic E-state index is 0.330. The van der Waals surface area contributed by atoms with E-state index >= 15 is 0 Å². The van der Waals surface area contributed by atoms with E-state index in [1.54, 1.807) is 4.90 Å². The summed E-state index contributed by atoms with van der Waals surface area (Å²) in [5.74, 6) is 0. The molecule has 55 valence electrons. The number of carbonyl (C=O) groups excluding carboxylic acids is 1. The first-order valence-electron chi connectivity index (χ1n) is 3.65. The lowest BCUT2D eigenvalue weighted by atomic mass is 10.2. The molecule has 2 aliphatic heterocycles. The van der Waals surface area contributed by atoms with Crippen LogP contribution in [0.1, 0.15) is 12.8 Å². The second kappa shape index (κ2) is 2.23. The van der Waals surface area contributed by atoms with Crippen LogP contribution >= 0.6 is 0 Å². The zero-order chi connectivity index (χ0) is 6.97. The van der Waals surface area contributed by atoms with Crippen LogP contribution in [-0.4, -0.2) is 36.6 Å². The van der Waals surface area contributed by atoms with Crippen LogP contribution < -0.4 is 0 Å². The molecular formula is C7H10NO2. The molecule has 2 bridgehead atoms. The van der Waals surface area contributed by atoms with E-state index in [9.17, 15) is 4.79 Å². The van der Waals surface area contributed by atoms with Gasteiger partial charge >= 0.3 is 6.41 Å². The van der Waals surface area contributed by atoms with Gasteiger partial charge in [-0.05, 0) is 12.8 Å².